The first-order chi connectivity index (χ1) is 10.7. The molecule has 3 unspecified atom stereocenters. The third-order valence-electron chi connectivity index (χ3n) is 5.89. The average Bonchev–Trinajstić information content (AvgIpc) is 3.09. The van der Waals surface area contributed by atoms with Crippen molar-refractivity contribution in [1.82, 2.24) is 10.2 Å². The van der Waals surface area contributed by atoms with Crippen LogP contribution >= 0.6 is 11.3 Å². The number of hydrogen-bond acceptors (Lipinski definition) is 3. The highest BCUT2D eigenvalue weighted by molar-refractivity contribution is 7.07. The number of rotatable bonds is 3. The lowest BCUT2D eigenvalue weighted by Crippen LogP contribution is -2.72. The normalized spacial score (nSPS) is 32.3. The van der Waals surface area contributed by atoms with E-state index in [0.717, 1.165) is 19.1 Å². The van der Waals surface area contributed by atoms with Crippen LogP contribution < -0.4 is 5.32 Å². The van der Waals surface area contributed by atoms with Crippen LogP contribution in [0.4, 0.5) is 0 Å². The van der Waals surface area contributed by atoms with E-state index in [0.29, 0.717) is 23.5 Å². The second-order valence-corrected chi connectivity index (χ2v) is 7.77. The summed E-state index contributed by atoms with van der Waals surface area (Å²) in [5.74, 6) is 1.71. The molecule has 1 aromatic heterocycles. The maximum absolute atomic E-state index is 6.01. The number of nitrogens with zero attached hydrogens (tertiary/aromatic N) is 2. The fourth-order valence-electron chi connectivity index (χ4n) is 4.67. The molecule has 1 aliphatic heterocycles. The molecule has 2 saturated carbocycles. The van der Waals surface area contributed by atoms with Gasteiger partial charge in [0.05, 0.1) is 6.10 Å². The molecule has 1 spiro atoms. The molecule has 5 heteroatoms. The minimum Gasteiger partial charge on any atom is -0.377 e. The van der Waals surface area contributed by atoms with Crippen LogP contribution in [-0.4, -0.2) is 43.7 Å². The molecule has 3 aliphatic rings. The van der Waals surface area contributed by atoms with Crippen molar-refractivity contribution in [2.24, 2.45) is 16.3 Å². The molecule has 3 atom stereocenters. The van der Waals surface area contributed by atoms with Crippen LogP contribution in [-0.2, 0) is 11.3 Å². The predicted molar refractivity (Wildman–Crippen MR) is 90.2 cm³/mol. The summed E-state index contributed by atoms with van der Waals surface area (Å²) in [7, 11) is 4.02. The number of aliphatic imine (C=N–C) groups is 1. The first-order valence-corrected chi connectivity index (χ1v) is 9.26. The Kier molecular flexibility index (Phi) is 3.65. The van der Waals surface area contributed by atoms with Crippen molar-refractivity contribution < 1.29 is 4.74 Å². The predicted octanol–water partition coefficient (Wildman–Crippen LogP) is 2.71. The van der Waals surface area contributed by atoms with Gasteiger partial charge in [0, 0.05) is 44.6 Å². The topological polar surface area (TPSA) is 36.9 Å². The Bertz CT molecular complexity index is 552. The van der Waals surface area contributed by atoms with Gasteiger partial charge in [-0.05, 0) is 41.7 Å². The van der Waals surface area contributed by atoms with Crippen molar-refractivity contribution in [2.45, 2.75) is 44.4 Å². The first kappa shape index (κ1) is 14.5. The molecule has 2 heterocycles. The summed E-state index contributed by atoms with van der Waals surface area (Å²) in [5, 5.41) is 8.12. The summed E-state index contributed by atoms with van der Waals surface area (Å²) in [4.78, 5) is 6.76. The summed E-state index contributed by atoms with van der Waals surface area (Å²) >= 11 is 1.75. The second-order valence-electron chi connectivity index (χ2n) is 6.99. The fraction of sp³-hybridized carbons (Fsp3) is 0.706. The van der Waals surface area contributed by atoms with Gasteiger partial charge < -0.3 is 15.0 Å². The van der Waals surface area contributed by atoms with Crippen LogP contribution in [0.25, 0.3) is 0 Å². The van der Waals surface area contributed by atoms with E-state index in [4.69, 9.17) is 4.74 Å². The van der Waals surface area contributed by atoms with Gasteiger partial charge in [0.15, 0.2) is 5.96 Å². The zero-order valence-electron chi connectivity index (χ0n) is 13.4. The van der Waals surface area contributed by atoms with Gasteiger partial charge in [-0.15, -0.1) is 0 Å². The molecule has 1 aromatic rings. The first-order valence-electron chi connectivity index (χ1n) is 8.32. The van der Waals surface area contributed by atoms with E-state index in [-0.39, 0.29) is 0 Å². The van der Waals surface area contributed by atoms with E-state index >= 15 is 0 Å². The number of guanidine groups is 1. The standard InChI is InChI=1S/C17H25N3OS/c1-18-16(20(2)10-12-5-9-22-11-12)19-14-13-4-8-21-15(13)17(14)6-3-7-17/h5,9,11,13-15H,3-4,6-8,10H2,1-2H3,(H,18,19). The highest BCUT2D eigenvalue weighted by atomic mass is 32.1. The summed E-state index contributed by atoms with van der Waals surface area (Å²) < 4.78 is 6.01. The van der Waals surface area contributed by atoms with Crippen LogP contribution in [0.5, 0.6) is 0 Å². The SMILES string of the molecule is CN=C(NC1C2CCOC2C12CCC2)N(C)Cc1ccsc1. The highest BCUT2D eigenvalue weighted by Crippen LogP contribution is 2.62. The molecule has 0 bridgehead atoms. The van der Waals surface area contributed by atoms with Crippen molar-refractivity contribution in [3.05, 3.63) is 22.4 Å². The zero-order valence-corrected chi connectivity index (χ0v) is 14.2. The Hall–Kier alpha value is -1.07. The van der Waals surface area contributed by atoms with E-state index in [1.807, 2.05) is 7.05 Å². The van der Waals surface area contributed by atoms with E-state index in [1.54, 1.807) is 11.3 Å². The molecule has 4 rings (SSSR count). The molecule has 22 heavy (non-hydrogen) atoms. The average molecular weight is 319 g/mol. The molecule has 0 amide bonds. The Morgan fingerprint density at radius 1 is 1.55 bits per heavy atom. The lowest BCUT2D eigenvalue weighted by atomic mass is 9.46. The molecule has 4 nitrogen and oxygen atoms in total. The van der Waals surface area contributed by atoms with E-state index in [9.17, 15) is 0 Å². The van der Waals surface area contributed by atoms with Crippen LogP contribution in [0, 0.1) is 11.3 Å². The number of ether oxygens (including phenoxy) is 1. The monoisotopic (exact) mass is 319 g/mol. The minimum atomic E-state index is 0.403. The number of fused-ring (bicyclic) bond motifs is 2. The largest absolute Gasteiger partial charge is 0.377 e. The van der Waals surface area contributed by atoms with Gasteiger partial charge in [0.2, 0.25) is 0 Å². The van der Waals surface area contributed by atoms with Gasteiger partial charge in [-0.3, -0.25) is 4.99 Å². The fourth-order valence-corrected chi connectivity index (χ4v) is 5.33. The molecular formula is C17H25N3OS. The lowest BCUT2D eigenvalue weighted by molar-refractivity contribution is -0.171. The van der Waals surface area contributed by atoms with E-state index in [2.05, 4.69) is 39.1 Å². The third kappa shape index (κ3) is 2.09. The number of hydrogen-bond donors (Lipinski definition) is 1. The van der Waals surface area contributed by atoms with Gasteiger partial charge in [0.1, 0.15) is 0 Å². The molecule has 1 saturated heterocycles. The van der Waals surface area contributed by atoms with Gasteiger partial charge in [-0.25, -0.2) is 0 Å². The van der Waals surface area contributed by atoms with Gasteiger partial charge >= 0.3 is 0 Å². The Morgan fingerprint density at radius 2 is 2.41 bits per heavy atom. The van der Waals surface area contributed by atoms with Crippen molar-refractivity contribution in [3.8, 4) is 0 Å². The van der Waals surface area contributed by atoms with Crippen molar-refractivity contribution in [1.29, 1.82) is 0 Å². The van der Waals surface area contributed by atoms with Crippen LogP contribution in [0.3, 0.4) is 0 Å². The van der Waals surface area contributed by atoms with Gasteiger partial charge in [-0.2, -0.15) is 11.3 Å². The molecule has 120 valence electrons. The number of thiophene rings is 1. The highest BCUT2D eigenvalue weighted by Gasteiger charge is 2.66. The Morgan fingerprint density at radius 3 is 3.05 bits per heavy atom. The Labute approximate surface area is 136 Å². The second kappa shape index (κ2) is 5.53. The maximum Gasteiger partial charge on any atom is 0.193 e. The quantitative estimate of drug-likeness (QED) is 0.687. The third-order valence-corrected chi connectivity index (χ3v) is 6.63. The molecular weight excluding hydrogens is 294 g/mol. The van der Waals surface area contributed by atoms with Crippen LogP contribution in [0.1, 0.15) is 31.2 Å². The molecule has 0 aromatic carbocycles. The summed E-state index contributed by atoms with van der Waals surface area (Å²) in [6.45, 7) is 1.85. The van der Waals surface area contributed by atoms with Crippen molar-refractivity contribution in [3.63, 3.8) is 0 Å². The van der Waals surface area contributed by atoms with Gasteiger partial charge in [-0.1, -0.05) is 6.42 Å². The minimum absolute atomic E-state index is 0.403. The molecule has 1 N–H and O–H groups in total. The number of nitrogens with one attached hydrogen (secondary N) is 1. The lowest BCUT2D eigenvalue weighted by Gasteiger charge is -2.63. The summed E-state index contributed by atoms with van der Waals surface area (Å²) in [5.41, 5.74) is 1.75. The smallest absolute Gasteiger partial charge is 0.193 e. The van der Waals surface area contributed by atoms with E-state index < -0.39 is 0 Å². The maximum atomic E-state index is 6.01. The Balaban J connectivity index is 1.44. The van der Waals surface area contributed by atoms with Crippen molar-refractivity contribution in [2.75, 3.05) is 20.7 Å². The summed E-state index contributed by atoms with van der Waals surface area (Å²) in [6.07, 6.45) is 5.71. The molecule has 2 aliphatic carbocycles. The van der Waals surface area contributed by atoms with Crippen molar-refractivity contribution >= 4 is 17.3 Å². The molecule has 0 radical (unpaired) electrons. The van der Waals surface area contributed by atoms with Crippen LogP contribution in [0.2, 0.25) is 0 Å². The molecule has 3 fully saturated rings. The van der Waals surface area contributed by atoms with E-state index in [1.165, 1.54) is 31.2 Å². The van der Waals surface area contributed by atoms with Gasteiger partial charge in [0.25, 0.3) is 0 Å². The van der Waals surface area contributed by atoms with Crippen LogP contribution in [0.15, 0.2) is 21.8 Å². The summed E-state index contributed by atoms with van der Waals surface area (Å²) in [6, 6.07) is 2.74. The zero-order chi connectivity index (χ0) is 15.2.